The van der Waals surface area contributed by atoms with Gasteiger partial charge >= 0.3 is 0 Å². The summed E-state index contributed by atoms with van der Waals surface area (Å²) in [6, 6.07) is 1.46. The van der Waals surface area contributed by atoms with Gasteiger partial charge in [-0.15, -0.1) is 0 Å². The molecular formula is C12H14ClN3O3S. The fourth-order valence-corrected chi connectivity index (χ4v) is 2.71. The average Bonchev–Trinajstić information content (AvgIpc) is 2.75. The molecule has 0 saturated heterocycles. The van der Waals surface area contributed by atoms with E-state index in [2.05, 4.69) is 15.1 Å². The van der Waals surface area contributed by atoms with Gasteiger partial charge in [0, 0.05) is 23.4 Å². The summed E-state index contributed by atoms with van der Waals surface area (Å²) in [4.78, 5) is 8.11. The van der Waals surface area contributed by atoms with Crippen molar-refractivity contribution in [2.45, 2.75) is 31.2 Å². The van der Waals surface area contributed by atoms with Crippen LogP contribution >= 0.6 is 11.6 Å². The molecule has 0 aliphatic rings. The normalized spacial score (nSPS) is 12.7. The average molecular weight is 316 g/mol. The molecule has 2 rings (SSSR count). The van der Waals surface area contributed by atoms with E-state index in [9.17, 15) is 8.42 Å². The van der Waals surface area contributed by atoms with Crippen LogP contribution < -0.4 is 0 Å². The van der Waals surface area contributed by atoms with Crippen molar-refractivity contribution in [2.24, 2.45) is 0 Å². The van der Waals surface area contributed by atoms with Crippen molar-refractivity contribution in [3.8, 4) is 11.4 Å². The van der Waals surface area contributed by atoms with Crippen LogP contribution in [0.5, 0.6) is 0 Å². The Balaban J connectivity index is 2.45. The molecule has 0 N–H and O–H groups in total. The number of hydrogen-bond donors (Lipinski definition) is 0. The monoisotopic (exact) mass is 315 g/mol. The van der Waals surface area contributed by atoms with Crippen LogP contribution in [0.4, 0.5) is 0 Å². The Hall–Kier alpha value is -1.47. The first kappa shape index (κ1) is 14.9. The number of aromatic nitrogens is 3. The Labute approximate surface area is 122 Å². The van der Waals surface area contributed by atoms with Gasteiger partial charge in [0.15, 0.2) is 14.9 Å². The third-order valence-corrected chi connectivity index (χ3v) is 3.91. The van der Waals surface area contributed by atoms with Crippen molar-refractivity contribution >= 4 is 21.4 Å². The smallest absolute Gasteiger partial charge is 0.232 e. The summed E-state index contributed by atoms with van der Waals surface area (Å²) in [6.07, 6.45) is 2.41. The third kappa shape index (κ3) is 2.99. The van der Waals surface area contributed by atoms with Crippen LogP contribution in [0.2, 0.25) is 5.02 Å². The van der Waals surface area contributed by atoms with Gasteiger partial charge in [-0.05, 0) is 6.07 Å². The van der Waals surface area contributed by atoms with E-state index in [4.69, 9.17) is 16.1 Å². The fraction of sp³-hybridized carbons (Fsp3) is 0.417. The quantitative estimate of drug-likeness (QED) is 0.846. The number of nitrogens with zero attached hydrogens (tertiary/aromatic N) is 3. The van der Waals surface area contributed by atoms with Crippen LogP contribution in [-0.2, 0) is 15.3 Å². The number of sulfone groups is 1. The van der Waals surface area contributed by atoms with Gasteiger partial charge < -0.3 is 4.52 Å². The Bertz CT molecular complexity index is 748. The van der Waals surface area contributed by atoms with E-state index in [0.717, 1.165) is 6.26 Å². The predicted molar refractivity (Wildman–Crippen MR) is 74.3 cm³/mol. The number of hydrogen-bond acceptors (Lipinski definition) is 6. The second-order valence-corrected chi connectivity index (χ2v) is 7.79. The van der Waals surface area contributed by atoms with E-state index in [-0.39, 0.29) is 15.5 Å². The maximum absolute atomic E-state index is 11.4. The lowest BCUT2D eigenvalue weighted by Crippen LogP contribution is -2.11. The van der Waals surface area contributed by atoms with Gasteiger partial charge in [0.05, 0.1) is 5.02 Å². The van der Waals surface area contributed by atoms with Gasteiger partial charge in [-0.2, -0.15) is 4.98 Å². The first-order valence-corrected chi connectivity index (χ1v) is 8.06. The molecule has 0 aliphatic heterocycles. The van der Waals surface area contributed by atoms with E-state index in [1.54, 1.807) is 0 Å². The minimum atomic E-state index is -3.46. The Morgan fingerprint density at radius 2 is 1.95 bits per heavy atom. The largest absolute Gasteiger partial charge is 0.338 e. The molecule has 0 aromatic carbocycles. The molecule has 20 heavy (non-hydrogen) atoms. The van der Waals surface area contributed by atoms with E-state index >= 15 is 0 Å². The van der Waals surface area contributed by atoms with Gasteiger partial charge in [-0.3, -0.25) is 0 Å². The first-order valence-electron chi connectivity index (χ1n) is 5.79. The van der Waals surface area contributed by atoms with E-state index in [1.165, 1.54) is 12.3 Å². The third-order valence-electron chi connectivity index (χ3n) is 2.48. The molecule has 0 aliphatic carbocycles. The summed E-state index contributed by atoms with van der Waals surface area (Å²) in [5, 5.41) is 3.72. The van der Waals surface area contributed by atoms with Crippen molar-refractivity contribution in [1.29, 1.82) is 0 Å². The molecule has 0 fully saturated rings. The van der Waals surface area contributed by atoms with Crippen LogP contribution in [0.15, 0.2) is 21.8 Å². The Morgan fingerprint density at radius 3 is 2.40 bits per heavy atom. The molecule has 2 aromatic rings. The zero-order valence-electron chi connectivity index (χ0n) is 11.5. The molecule has 0 spiro atoms. The molecule has 2 heterocycles. The second-order valence-electron chi connectivity index (χ2n) is 5.46. The van der Waals surface area contributed by atoms with Crippen molar-refractivity contribution < 1.29 is 12.9 Å². The van der Waals surface area contributed by atoms with E-state index in [1.807, 2.05) is 20.8 Å². The summed E-state index contributed by atoms with van der Waals surface area (Å²) in [7, 11) is -3.46. The highest BCUT2D eigenvalue weighted by Gasteiger charge is 2.23. The first-order chi connectivity index (χ1) is 9.09. The van der Waals surface area contributed by atoms with Crippen LogP contribution in [-0.4, -0.2) is 29.8 Å². The highest BCUT2D eigenvalue weighted by Crippen LogP contribution is 2.27. The van der Waals surface area contributed by atoms with Crippen LogP contribution in [0.25, 0.3) is 11.4 Å². The summed E-state index contributed by atoms with van der Waals surface area (Å²) < 4.78 is 28.1. The zero-order valence-corrected chi connectivity index (χ0v) is 13.1. The van der Waals surface area contributed by atoms with Crippen molar-refractivity contribution in [3.63, 3.8) is 0 Å². The SMILES string of the molecule is CC(C)(C)c1nc(-c2cnc(S(C)(=O)=O)c(Cl)c2)no1. The molecule has 0 amide bonds. The summed E-state index contributed by atoms with van der Waals surface area (Å²) in [6.45, 7) is 5.84. The van der Waals surface area contributed by atoms with Gasteiger partial charge in [0.2, 0.25) is 11.7 Å². The molecule has 8 heteroatoms. The maximum Gasteiger partial charge on any atom is 0.232 e. The van der Waals surface area contributed by atoms with Gasteiger partial charge in [0.25, 0.3) is 0 Å². The summed E-state index contributed by atoms with van der Waals surface area (Å²) >= 11 is 5.93. The molecule has 6 nitrogen and oxygen atoms in total. The molecule has 108 valence electrons. The molecular weight excluding hydrogens is 302 g/mol. The van der Waals surface area contributed by atoms with Crippen molar-refractivity contribution in [1.82, 2.24) is 15.1 Å². The topological polar surface area (TPSA) is 86.0 Å². The van der Waals surface area contributed by atoms with Crippen LogP contribution in [0, 0.1) is 0 Å². The maximum atomic E-state index is 11.4. The molecule has 2 aromatic heterocycles. The molecule has 0 saturated carbocycles. The second kappa shape index (κ2) is 4.82. The van der Waals surface area contributed by atoms with E-state index in [0.29, 0.717) is 17.3 Å². The summed E-state index contributed by atoms with van der Waals surface area (Å²) in [5.74, 6) is 0.806. The minimum Gasteiger partial charge on any atom is -0.338 e. The van der Waals surface area contributed by atoms with Gasteiger partial charge in [0.1, 0.15) is 0 Å². The molecule has 0 radical (unpaired) electrons. The lowest BCUT2D eigenvalue weighted by atomic mass is 9.97. The van der Waals surface area contributed by atoms with E-state index < -0.39 is 9.84 Å². The Kier molecular flexibility index (Phi) is 3.60. The fourth-order valence-electron chi connectivity index (χ4n) is 1.47. The predicted octanol–water partition coefficient (Wildman–Crippen LogP) is 2.49. The highest BCUT2D eigenvalue weighted by atomic mass is 35.5. The van der Waals surface area contributed by atoms with Crippen molar-refractivity contribution in [2.75, 3.05) is 6.26 Å². The molecule has 0 atom stereocenters. The van der Waals surface area contributed by atoms with Crippen molar-refractivity contribution in [3.05, 3.63) is 23.2 Å². The summed E-state index contributed by atoms with van der Waals surface area (Å²) in [5.41, 5.74) is 0.233. The van der Waals surface area contributed by atoms with Gasteiger partial charge in [-0.25, -0.2) is 13.4 Å². The number of pyridine rings is 1. The minimum absolute atomic E-state index is 0.0344. The van der Waals surface area contributed by atoms with Crippen LogP contribution in [0.3, 0.4) is 0 Å². The highest BCUT2D eigenvalue weighted by molar-refractivity contribution is 7.90. The lowest BCUT2D eigenvalue weighted by Gasteiger charge is -2.10. The Morgan fingerprint density at radius 1 is 1.30 bits per heavy atom. The number of rotatable bonds is 2. The molecule has 0 unspecified atom stereocenters. The zero-order chi connectivity index (χ0) is 15.1. The van der Waals surface area contributed by atoms with Gasteiger partial charge in [-0.1, -0.05) is 37.5 Å². The number of halogens is 1. The van der Waals surface area contributed by atoms with Crippen LogP contribution in [0.1, 0.15) is 26.7 Å². The molecule has 0 bridgehead atoms. The lowest BCUT2D eigenvalue weighted by molar-refractivity contribution is 0.321. The standard InChI is InChI=1S/C12H14ClN3O3S/c1-12(2,3)11-15-9(16-19-11)7-5-8(13)10(14-6-7)20(4,17)18/h5-6H,1-4H3.